The Morgan fingerprint density at radius 1 is 1.38 bits per heavy atom. The lowest BCUT2D eigenvalue weighted by Gasteiger charge is -2.15. The van der Waals surface area contributed by atoms with Crippen LogP contribution in [0.1, 0.15) is 48.7 Å². The van der Waals surface area contributed by atoms with Crippen molar-refractivity contribution in [3.05, 3.63) is 34.0 Å². The van der Waals surface area contributed by atoms with E-state index in [9.17, 15) is 9.59 Å². The third kappa shape index (κ3) is 5.01. The molecule has 0 saturated heterocycles. The summed E-state index contributed by atoms with van der Waals surface area (Å²) in [6, 6.07) is 3.06. The Hall–Kier alpha value is -1.62. The first-order valence-electron chi connectivity index (χ1n) is 7.47. The van der Waals surface area contributed by atoms with E-state index in [1.165, 1.54) is 29.8 Å². The van der Waals surface area contributed by atoms with Gasteiger partial charge in [0.15, 0.2) is 0 Å². The fourth-order valence-electron chi connectivity index (χ4n) is 2.37. The standard InChI is InChI=1S/C16H22N2O2S/c1-12(18-16(20)14-8-5-11-21-14)15(19)17-10-9-13-6-3-2-4-7-13/h5-6,8,11-12H,2-4,7,9-10H2,1H3,(H,17,19)(H,18,20)/t12-/m0/s1. The lowest BCUT2D eigenvalue weighted by Crippen LogP contribution is -2.44. The third-order valence-electron chi connectivity index (χ3n) is 3.62. The monoisotopic (exact) mass is 306 g/mol. The number of carbonyl (C=O) groups excluding carboxylic acids is 2. The van der Waals surface area contributed by atoms with Crippen LogP contribution in [0.15, 0.2) is 29.2 Å². The molecule has 4 nitrogen and oxygen atoms in total. The molecule has 0 fully saturated rings. The molecule has 0 bridgehead atoms. The number of hydrogen-bond donors (Lipinski definition) is 2. The largest absolute Gasteiger partial charge is 0.354 e. The smallest absolute Gasteiger partial charge is 0.261 e. The first-order valence-corrected chi connectivity index (χ1v) is 8.35. The number of rotatable bonds is 6. The quantitative estimate of drug-likeness (QED) is 0.794. The van der Waals surface area contributed by atoms with Gasteiger partial charge in [-0.05, 0) is 50.5 Å². The molecule has 0 radical (unpaired) electrons. The van der Waals surface area contributed by atoms with Crippen LogP contribution >= 0.6 is 11.3 Å². The van der Waals surface area contributed by atoms with Gasteiger partial charge in [0.2, 0.25) is 5.91 Å². The van der Waals surface area contributed by atoms with Crippen LogP contribution in [0.25, 0.3) is 0 Å². The van der Waals surface area contributed by atoms with Crippen LogP contribution in [0, 0.1) is 0 Å². The van der Waals surface area contributed by atoms with Crippen LogP contribution in [0.2, 0.25) is 0 Å². The van der Waals surface area contributed by atoms with Gasteiger partial charge in [-0.15, -0.1) is 11.3 Å². The highest BCUT2D eigenvalue weighted by Crippen LogP contribution is 2.19. The van der Waals surface area contributed by atoms with E-state index in [2.05, 4.69) is 16.7 Å². The molecule has 1 atom stereocenters. The van der Waals surface area contributed by atoms with E-state index in [4.69, 9.17) is 0 Å². The predicted molar refractivity (Wildman–Crippen MR) is 85.4 cm³/mol. The molecule has 0 saturated carbocycles. The SMILES string of the molecule is C[C@H](NC(=O)c1cccs1)C(=O)NCCC1=CCCCC1. The summed E-state index contributed by atoms with van der Waals surface area (Å²) in [7, 11) is 0. The summed E-state index contributed by atoms with van der Waals surface area (Å²) in [4.78, 5) is 24.4. The molecule has 1 aliphatic rings. The van der Waals surface area contributed by atoms with Crippen molar-refractivity contribution in [3.8, 4) is 0 Å². The summed E-state index contributed by atoms with van der Waals surface area (Å²) in [6.45, 7) is 2.35. The molecule has 1 aliphatic carbocycles. The fraction of sp³-hybridized carbons (Fsp3) is 0.500. The Morgan fingerprint density at radius 2 is 2.24 bits per heavy atom. The predicted octanol–water partition coefficient (Wildman–Crippen LogP) is 2.87. The second-order valence-electron chi connectivity index (χ2n) is 5.32. The van der Waals surface area contributed by atoms with Crippen molar-refractivity contribution in [1.82, 2.24) is 10.6 Å². The molecular weight excluding hydrogens is 284 g/mol. The highest BCUT2D eigenvalue weighted by molar-refractivity contribution is 7.12. The van der Waals surface area contributed by atoms with E-state index >= 15 is 0 Å². The maximum Gasteiger partial charge on any atom is 0.261 e. The van der Waals surface area contributed by atoms with E-state index in [0.717, 1.165) is 19.3 Å². The van der Waals surface area contributed by atoms with Crippen molar-refractivity contribution in [2.24, 2.45) is 0 Å². The maximum atomic E-state index is 11.9. The summed E-state index contributed by atoms with van der Waals surface area (Å²) >= 11 is 1.37. The Balaban J connectivity index is 1.70. The number of nitrogens with one attached hydrogen (secondary N) is 2. The molecule has 2 amide bonds. The normalized spacial score (nSPS) is 16.0. The van der Waals surface area contributed by atoms with E-state index in [-0.39, 0.29) is 11.8 Å². The molecule has 1 aromatic heterocycles. The molecule has 2 rings (SSSR count). The molecular formula is C16H22N2O2S. The summed E-state index contributed by atoms with van der Waals surface area (Å²) in [5, 5.41) is 7.45. The van der Waals surface area contributed by atoms with Crippen LogP contribution < -0.4 is 10.6 Å². The molecule has 1 heterocycles. The molecule has 0 spiro atoms. The summed E-state index contributed by atoms with van der Waals surface area (Å²) in [6.07, 6.45) is 8.06. The van der Waals surface area contributed by atoms with Gasteiger partial charge in [0.25, 0.3) is 5.91 Å². The van der Waals surface area contributed by atoms with Crippen LogP contribution in [0.3, 0.4) is 0 Å². The number of hydrogen-bond acceptors (Lipinski definition) is 3. The van der Waals surface area contributed by atoms with Crippen LogP contribution in [-0.4, -0.2) is 24.4 Å². The van der Waals surface area contributed by atoms with E-state index in [1.807, 2.05) is 11.4 Å². The highest BCUT2D eigenvalue weighted by Gasteiger charge is 2.16. The zero-order chi connectivity index (χ0) is 15.1. The fourth-order valence-corrected chi connectivity index (χ4v) is 3.00. The molecule has 5 heteroatoms. The van der Waals surface area contributed by atoms with Gasteiger partial charge >= 0.3 is 0 Å². The van der Waals surface area contributed by atoms with E-state index in [0.29, 0.717) is 11.4 Å². The summed E-state index contributed by atoms with van der Waals surface area (Å²) < 4.78 is 0. The van der Waals surface area contributed by atoms with Gasteiger partial charge < -0.3 is 10.6 Å². The minimum Gasteiger partial charge on any atom is -0.354 e. The van der Waals surface area contributed by atoms with Gasteiger partial charge in [0.1, 0.15) is 6.04 Å². The minimum atomic E-state index is -0.514. The van der Waals surface area contributed by atoms with Gasteiger partial charge in [-0.3, -0.25) is 9.59 Å². The Bertz CT molecular complexity index is 508. The Labute approximate surface area is 129 Å². The van der Waals surface area contributed by atoms with E-state index < -0.39 is 6.04 Å². The zero-order valence-corrected chi connectivity index (χ0v) is 13.2. The minimum absolute atomic E-state index is 0.128. The van der Waals surface area contributed by atoms with Crippen molar-refractivity contribution < 1.29 is 9.59 Å². The number of amides is 2. The van der Waals surface area contributed by atoms with Crippen LogP contribution in [0.5, 0.6) is 0 Å². The summed E-state index contributed by atoms with van der Waals surface area (Å²) in [5.74, 6) is -0.320. The van der Waals surface area contributed by atoms with Crippen LogP contribution in [-0.2, 0) is 4.79 Å². The van der Waals surface area contributed by atoms with Gasteiger partial charge in [-0.1, -0.05) is 17.7 Å². The average molecular weight is 306 g/mol. The molecule has 0 aromatic carbocycles. The number of thiophene rings is 1. The lowest BCUT2D eigenvalue weighted by atomic mass is 9.97. The van der Waals surface area contributed by atoms with Crippen LogP contribution in [0.4, 0.5) is 0 Å². The number of allylic oxidation sites excluding steroid dienone is 1. The molecule has 1 aromatic rings. The molecule has 2 N–H and O–H groups in total. The zero-order valence-electron chi connectivity index (χ0n) is 12.4. The third-order valence-corrected chi connectivity index (χ3v) is 4.48. The Kier molecular flexibility index (Phi) is 5.99. The van der Waals surface area contributed by atoms with Gasteiger partial charge in [0.05, 0.1) is 4.88 Å². The van der Waals surface area contributed by atoms with Gasteiger partial charge in [-0.2, -0.15) is 0 Å². The topological polar surface area (TPSA) is 58.2 Å². The average Bonchev–Trinajstić information content (AvgIpc) is 3.02. The highest BCUT2D eigenvalue weighted by atomic mass is 32.1. The first-order chi connectivity index (χ1) is 10.2. The molecule has 114 valence electrons. The van der Waals surface area contributed by atoms with Crippen molar-refractivity contribution >= 4 is 23.2 Å². The lowest BCUT2D eigenvalue weighted by molar-refractivity contribution is -0.122. The molecule has 21 heavy (non-hydrogen) atoms. The van der Waals surface area contributed by atoms with Crippen molar-refractivity contribution in [3.63, 3.8) is 0 Å². The van der Waals surface area contributed by atoms with Crippen molar-refractivity contribution in [1.29, 1.82) is 0 Å². The van der Waals surface area contributed by atoms with Crippen molar-refractivity contribution in [2.45, 2.75) is 45.1 Å². The molecule has 0 aliphatic heterocycles. The number of carbonyl (C=O) groups is 2. The van der Waals surface area contributed by atoms with E-state index in [1.54, 1.807) is 13.0 Å². The second-order valence-corrected chi connectivity index (χ2v) is 6.27. The van der Waals surface area contributed by atoms with Gasteiger partial charge in [-0.25, -0.2) is 0 Å². The van der Waals surface area contributed by atoms with Gasteiger partial charge in [0, 0.05) is 6.54 Å². The second kappa shape index (κ2) is 7.98. The summed E-state index contributed by atoms with van der Waals surface area (Å²) in [5.41, 5.74) is 1.44. The molecule has 0 unspecified atom stereocenters. The van der Waals surface area contributed by atoms with Crippen molar-refractivity contribution in [2.75, 3.05) is 6.54 Å². The maximum absolute atomic E-state index is 11.9. The first kappa shape index (κ1) is 15.8. The Morgan fingerprint density at radius 3 is 2.90 bits per heavy atom.